The van der Waals surface area contributed by atoms with Crippen LogP contribution in [0.4, 0.5) is 5.69 Å². The molecular weight excluding hydrogens is 388 g/mol. The first kappa shape index (κ1) is 19.0. The summed E-state index contributed by atoms with van der Waals surface area (Å²) >= 11 is 0. The lowest BCUT2D eigenvalue weighted by atomic mass is 10.1. The van der Waals surface area contributed by atoms with Crippen molar-refractivity contribution in [3.05, 3.63) is 76.5 Å². The number of H-pyrrole nitrogens is 1. The number of ether oxygens (including phenoxy) is 1. The highest BCUT2D eigenvalue weighted by molar-refractivity contribution is 7.92. The molecule has 0 saturated carbocycles. The predicted molar refractivity (Wildman–Crippen MR) is 115 cm³/mol. The van der Waals surface area contributed by atoms with E-state index in [2.05, 4.69) is 9.71 Å². The van der Waals surface area contributed by atoms with E-state index in [0.29, 0.717) is 39.8 Å². The zero-order valence-electron chi connectivity index (χ0n) is 16.0. The number of hydrogen-bond acceptors (Lipinski definition) is 4. The standard InChI is InChI=1S/C22H20N2O4S/c1-3-28-16-7-11-20-19(13-16)22(25)18-10-6-15(12-21(18)23-20)24-29(26,27)17-8-4-14(2)5-9-17/h4-13,24H,3H2,1-2H3,(H,23,25). The van der Waals surface area contributed by atoms with Gasteiger partial charge in [0.1, 0.15) is 5.75 Å². The van der Waals surface area contributed by atoms with Crippen molar-refractivity contribution >= 4 is 37.5 Å². The average molecular weight is 408 g/mol. The summed E-state index contributed by atoms with van der Waals surface area (Å²) in [6.07, 6.45) is 0. The van der Waals surface area contributed by atoms with Gasteiger partial charge in [-0.1, -0.05) is 17.7 Å². The molecule has 0 aliphatic heterocycles. The monoisotopic (exact) mass is 408 g/mol. The van der Waals surface area contributed by atoms with E-state index in [-0.39, 0.29) is 10.3 Å². The van der Waals surface area contributed by atoms with Crippen molar-refractivity contribution < 1.29 is 13.2 Å². The average Bonchev–Trinajstić information content (AvgIpc) is 2.69. The highest BCUT2D eigenvalue weighted by Crippen LogP contribution is 2.23. The van der Waals surface area contributed by atoms with Gasteiger partial charge in [-0.2, -0.15) is 0 Å². The predicted octanol–water partition coefficient (Wildman–Crippen LogP) is 4.19. The highest BCUT2D eigenvalue weighted by atomic mass is 32.2. The lowest BCUT2D eigenvalue weighted by Crippen LogP contribution is -2.13. The van der Waals surface area contributed by atoms with Gasteiger partial charge in [-0.05, 0) is 62.4 Å². The Bertz CT molecular complexity index is 1370. The molecule has 0 aliphatic carbocycles. The summed E-state index contributed by atoms with van der Waals surface area (Å²) in [4.78, 5) is 16.3. The zero-order chi connectivity index (χ0) is 20.6. The fourth-order valence-electron chi connectivity index (χ4n) is 3.21. The molecule has 0 bridgehead atoms. The number of hydrogen-bond donors (Lipinski definition) is 2. The van der Waals surface area contributed by atoms with Crippen LogP contribution < -0.4 is 14.9 Å². The molecule has 0 unspecified atom stereocenters. The van der Waals surface area contributed by atoms with E-state index in [1.165, 1.54) is 0 Å². The van der Waals surface area contributed by atoms with E-state index >= 15 is 0 Å². The number of aromatic amines is 1. The van der Waals surface area contributed by atoms with Crippen LogP contribution in [0.25, 0.3) is 21.8 Å². The molecular formula is C22H20N2O4S. The van der Waals surface area contributed by atoms with Crippen molar-refractivity contribution in [2.45, 2.75) is 18.7 Å². The maximum atomic E-state index is 12.9. The van der Waals surface area contributed by atoms with Crippen molar-refractivity contribution in [3.8, 4) is 5.75 Å². The summed E-state index contributed by atoms with van der Waals surface area (Å²) in [5.41, 5.74) is 2.43. The molecule has 0 atom stereocenters. The maximum absolute atomic E-state index is 12.9. The fourth-order valence-corrected chi connectivity index (χ4v) is 4.26. The summed E-state index contributed by atoms with van der Waals surface area (Å²) in [5, 5.41) is 1.00. The largest absolute Gasteiger partial charge is 0.494 e. The van der Waals surface area contributed by atoms with Crippen molar-refractivity contribution in [3.63, 3.8) is 0 Å². The Morgan fingerprint density at radius 3 is 2.41 bits per heavy atom. The van der Waals surface area contributed by atoms with Gasteiger partial charge in [-0.25, -0.2) is 8.42 Å². The molecule has 0 amide bonds. The molecule has 0 saturated heterocycles. The first-order valence-electron chi connectivity index (χ1n) is 9.19. The summed E-state index contributed by atoms with van der Waals surface area (Å²) in [5.74, 6) is 0.632. The Hall–Kier alpha value is -3.32. The van der Waals surface area contributed by atoms with Gasteiger partial charge in [0.25, 0.3) is 10.0 Å². The lowest BCUT2D eigenvalue weighted by molar-refractivity contribution is 0.340. The Balaban J connectivity index is 1.76. The highest BCUT2D eigenvalue weighted by Gasteiger charge is 2.15. The van der Waals surface area contributed by atoms with Gasteiger partial charge in [0.05, 0.1) is 28.2 Å². The van der Waals surface area contributed by atoms with Crippen LogP contribution in [0.2, 0.25) is 0 Å². The fraction of sp³-hybridized carbons (Fsp3) is 0.136. The van der Waals surface area contributed by atoms with E-state index in [1.54, 1.807) is 60.7 Å². The number of aromatic nitrogens is 1. The smallest absolute Gasteiger partial charge is 0.261 e. The quantitative estimate of drug-likeness (QED) is 0.485. The lowest BCUT2D eigenvalue weighted by Gasteiger charge is -2.10. The zero-order valence-corrected chi connectivity index (χ0v) is 16.8. The Morgan fingerprint density at radius 2 is 1.69 bits per heavy atom. The van der Waals surface area contributed by atoms with Crippen LogP contribution in [-0.2, 0) is 10.0 Å². The van der Waals surface area contributed by atoms with Crippen LogP contribution >= 0.6 is 0 Å². The van der Waals surface area contributed by atoms with Crippen LogP contribution in [0.3, 0.4) is 0 Å². The van der Waals surface area contributed by atoms with E-state index in [9.17, 15) is 13.2 Å². The van der Waals surface area contributed by atoms with Crippen LogP contribution in [0.5, 0.6) is 5.75 Å². The molecule has 1 heterocycles. The Labute approximate surface area is 168 Å². The molecule has 148 valence electrons. The summed E-state index contributed by atoms with van der Waals surface area (Å²) < 4.78 is 33.3. The Kier molecular flexibility index (Phi) is 4.76. The third-order valence-corrected chi connectivity index (χ3v) is 6.06. The Morgan fingerprint density at radius 1 is 0.931 bits per heavy atom. The minimum absolute atomic E-state index is 0.136. The van der Waals surface area contributed by atoms with Gasteiger partial charge in [0.15, 0.2) is 5.43 Å². The minimum Gasteiger partial charge on any atom is -0.494 e. The molecule has 6 nitrogen and oxygen atoms in total. The molecule has 4 rings (SSSR count). The van der Waals surface area contributed by atoms with Gasteiger partial charge >= 0.3 is 0 Å². The molecule has 0 aliphatic rings. The molecule has 7 heteroatoms. The van der Waals surface area contributed by atoms with Crippen molar-refractivity contribution in [2.24, 2.45) is 0 Å². The van der Waals surface area contributed by atoms with E-state index in [4.69, 9.17) is 4.74 Å². The normalized spacial score (nSPS) is 11.7. The number of rotatable bonds is 5. The van der Waals surface area contributed by atoms with Gasteiger partial charge < -0.3 is 9.72 Å². The molecule has 0 spiro atoms. The van der Waals surface area contributed by atoms with Crippen LogP contribution in [0.1, 0.15) is 12.5 Å². The van der Waals surface area contributed by atoms with Crippen LogP contribution in [0, 0.1) is 6.92 Å². The molecule has 29 heavy (non-hydrogen) atoms. The minimum atomic E-state index is -3.72. The van der Waals surface area contributed by atoms with Gasteiger partial charge in [-0.15, -0.1) is 0 Å². The second-order valence-corrected chi connectivity index (χ2v) is 8.46. The maximum Gasteiger partial charge on any atom is 0.261 e. The van der Waals surface area contributed by atoms with Crippen LogP contribution in [0.15, 0.2) is 70.4 Å². The first-order valence-corrected chi connectivity index (χ1v) is 10.7. The number of nitrogens with one attached hydrogen (secondary N) is 2. The molecule has 2 N–H and O–H groups in total. The number of pyridine rings is 1. The second kappa shape index (κ2) is 7.25. The topological polar surface area (TPSA) is 88.3 Å². The van der Waals surface area contributed by atoms with Gasteiger partial charge in [-0.3, -0.25) is 9.52 Å². The third-order valence-electron chi connectivity index (χ3n) is 4.66. The second-order valence-electron chi connectivity index (χ2n) is 6.77. The van der Waals surface area contributed by atoms with E-state index in [1.807, 2.05) is 13.8 Å². The van der Waals surface area contributed by atoms with Crippen molar-refractivity contribution in [1.82, 2.24) is 4.98 Å². The summed E-state index contributed by atoms with van der Waals surface area (Å²) in [7, 11) is -3.72. The number of anilines is 1. The van der Waals surface area contributed by atoms with E-state index < -0.39 is 10.0 Å². The van der Waals surface area contributed by atoms with E-state index in [0.717, 1.165) is 5.56 Å². The van der Waals surface area contributed by atoms with Crippen molar-refractivity contribution in [2.75, 3.05) is 11.3 Å². The molecule has 1 aromatic heterocycles. The number of fused-ring (bicyclic) bond motifs is 2. The first-order chi connectivity index (χ1) is 13.9. The molecule has 0 fully saturated rings. The molecule has 3 aromatic carbocycles. The van der Waals surface area contributed by atoms with Crippen molar-refractivity contribution in [1.29, 1.82) is 0 Å². The molecule has 4 aromatic rings. The summed E-state index contributed by atoms with van der Waals surface area (Å²) in [6, 6.07) is 16.7. The molecule has 0 radical (unpaired) electrons. The van der Waals surface area contributed by atoms with Gasteiger partial charge in [0, 0.05) is 10.8 Å². The number of aryl methyl sites for hydroxylation is 1. The number of benzene rings is 3. The number of sulfonamides is 1. The van der Waals surface area contributed by atoms with Gasteiger partial charge in [0.2, 0.25) is 0 Å². The summed E-state index contributed by atoms with van der Waals surface area (Å²) in [6.45, 7) is 4.29. The SMILES string of the molecule is CCOc1ccc2[nH]c3cc(NS(=O)(=O)c4ccc(C)cc4)ccc3c(=O)c2c1. The van der Waals surface area contributed by atoms with Crippen LogP contribution in [-0.4, -0.2) is 20.0 Å². The third kappa shape index (κ3) is 3.69.